The van der Waals surface area contributed by atoms with E-state index in [0.29, 0.717) is 0 Å². The third-order valence-electron chi connectivity index (χ3n) is 1.54. The molecule has 0 aromatic carbocycles. The zero-order chi connectivity index (χ0) is 7.78. The van der Waals surface area contributed by atoms with Gasteiger partial charge >= 0.3 is 0 Å². The Bertz CT molecular complexity index is 144. The molecule has 1 rings (SSSR count). The number of likely N-dealkylation sites (tertiary alicyclic amines) is 1. The maximum atomic E-state index is 11.2. The van der Waals surface area contributed by atoms with Gasteiger partial charge in [0.15, 0.2) is 0 Å². The Kier molecular flexibility index (Phi) is 1.68. The van der Waals surface area contributed by atoms with E-state index in [9.17, 15) is 4.79 Å². The van der Waals surface area contributed by atoms with Crippen molar-refractivity contribution < 1.29 is 4.79 Å². The zero-order valence-electron chi connectivity index (χ0n) is 6.42. The molecule has 10 heavy (non-hydrogen) atoms. The molecule has 0 aromatic heterocycles. The van der Waals surface area contributed by atoms with Crippen molar-refractivity contribution in [2.45, 2.75) is 19.4 Å². The summed E-state index contributed by atoms with van der Waals surface area (Å²) in [5, 5.41) is 0. The molecule has 0 aromatic rings. The van der Waals surface area contributed by atoms with Gasteiger partial charge in [-0.05, 0) is 13.8 Å². The summed E-state index contributed by atoms with van der Waals surface area (Å²) in [6.07, 6.45) is 2.05. The zero-order valence-corrected chi connectivity index (χ0v) is 6.42. The molecular weight excluding hydrogens is 128 g/mol. The van der Waals surface area contributed by atoms with Crippen LogP contribution >= 0.6 is 0 Å². The molecule has 0 atom stereocenters. The lowest BCUT2D eigenvalue weighted by molar-refractivity contribution is -0.137. The van der Waals surface area contributed by atoms with Crippen LogP contribution in [-0.4, -0.2) is 29.4 Å². The third kappa shape index (κ3) is 1.29. The van der Waals surface area contributed by atoms with E-state index in [0.717, 1.165) is 13.1 Å². The van der Waals surface area contributed by atoms with Crippen molar-refractivity contribution in [3.63, 3.8) is 0 Å². The maximum absolute atomic E-state index is 11.2. The van der Waals surface area contributed by atoms with Gasteiger partial charge in [0, 0.05) is 19.5 Å². The SMILES string of the molecule is CC(C)(N)C(=O)N1C[CH]C1. The molecule has 1 saturated heterocycles. The minimum atomic E-state index is -0.700. The third-order valence-corrected chi connectivity index (χ3v) is 1.54. The van der Waals surface area contributed by atoms with E-state index < -0.39 is 5.54 Å². The molecule has 0 bridgehead atoms. The molecular formula is C7H13N2O. The molecule has 1 heterocycles. The van der Waals surface area contributed by atoms with Gasteiger partial charge in [-0.1, -0.05) is 0 Å². The van der Waals surface area contributed by atoms with Crippen molar-refractivity contribution in [3.8, 4) is 0 Å². The lowest BCUT2D eigenvalue weighted by Gasteiger charge is -2.35. The molecule has 1 fully saturated rings. The van der Waals surface area contributed by atoms with Gasteiger partial charge in [0.1, 0.15) is 0 Å². The van der Waals surface area contributed by atoms with Gasteiger partial charge in [0.25, 0.3) is 0 Å². The van der Waals surface area contributed by atoms with Gasteiger partial charge < -0.3 is 10.6 Å². The van der Waals surface area contributed by atoms with Gasteiger partial charge in [-0.15, -0.1) is 0 Å². The van der Waals surface area contributed by atoms with Crippen LogP contribution in [0.3, 0.4) is 0 Å². The highest BCUT2D eigenvalue weighted by atomic mass is 16.2. The summed E-state index contributed by atoms with van der Waals surface area (Å²) >= 11 is 0. The van der Waals surface area contributed by atoms with Crippen molar-refractivity contribution in [1.29, 1.82) is 0 Å². The number of nitrogens with two attached hydrogens (primary N) is 1. The van der Waals surface area contributed by atoms with Gasteiger partial charge in [0.2, 0.25) is 5.91 Å². The molecule has 1 aliphatic rings. The quantitative estimate of drug-likeness (QED) is 0.548. The summed E-state index contributed by atoms with van der Waals surface area (Å²) in [4.78, 5) is 13.0. The Morgan fingerprint density at radius 3 is 2.20 bits per heavy atom. The van der Waals surface area contributed by atoms with Crippen LogP contribution in [0.15, 0.2) is 0 Å². The molecule has 57 valence electrons. The molecule has 0 unspecified atom stereocenters. The molecule has 1 radical (unpaired) electrons. The fourth-order valence-electron chi connectivity index (χ4n) is 0.832. The fourth-order valence-corrected chi connectivity index (χ4v) is 0.832. The van der Waals surface area contributed by atoms with Gasteiger partial charge in [0.05, 0.1) is 5.54 Å². The Labute approximate surface area is 61.2 Å². The lowest BCUT2D eigenvalue weighted by atomic mass is 10.0. The minimum Gasteiger partial charge on any atom is -0.340 e. The topological polar surface area (TPSA) is 46.3 Å². The van der Waals surface area contributed by atoms with E-state index in [1.54, 1.807) is 18.7 Å². The average Bonchev–Trinajstić information content (AvgIpc) is 1.57. The molecule has 3 nitrogen and oxygen atoms in total. The predicted octanol–water partition coefficient (Wildman–Crippen LogP) is -0.230. The summed E-state index contributed by atoms with van der Waals surface area (Å²) in [7, 11) is 0. The molecule has 0 saturated carbocycles. The normalized spacial score (nSPS) is 18.5. The summed E-state index contributed by atoms with van der Waals surface area (Å²) < 4.78 is 0. The Hall–Kier alpha value is -0.570. The van der Waals surface area contributed by atoms with E-state index in [1.807, 2.05) is 6.42 Å². The van der Waals surface area contributed by atoms with E-state index in [1.165, 1.54) is 0 Å². The van der Waals surface area contributed by atoms with E-state index in [-0.39, 0.29) is 5.91 Å². The first-order valence-corrected chi connectivity index (χ1v) is 3.42. The highest BCUT2D eigenvalue weighted by Crippen LogP contribution is 2.11. The minimum absolute atomic E-state index is 0.0370. The van der Waals surface area contributed by atoms with E-state index in [4.69, 9.17) is 5.73 Å². The summed E-state index contributed by atoms with van der Waals surface area (Å²) in [5.41, 5.74) is 4.88. The first kappa shape index (κ1) is 7.54. The van der Waals surface area contributed by atoms with Crippen LogP contribution in [0, 0.1) is 6.42 Å². The Morgan fingerprint density at radius 1 is 1.60 bits per heavy atom. The predicted molar refractivity (Wildman–Crippen MR) is 39.1 cm³/mol. The van der Waals surface area contributed by atoms with Crippen molar-refractivity contribution in [2.24, 2.45) is 5.73 Å². The van der Waals surface area contributed by atoms with Crippen molar-refractivity contribution in [3.05, 3.63) is 6.42 Å². The number of hydrogen-bond donors (Lipinski definition) is 1. The van der Waals surface area contributed by atoms with Gasteiger partial charge in [-0.25, -0.2) is 0 Å². The van der Waals surface area contributed by atoms with Crippen LogP contribution in [0.2, 0.25) is 0 Å². The largest absolute Gasteiger partial charge is 0.340 e. The van der Waals surface area contributed by atoms with Crippen molar-refractivity contribution >= 4 is 5.91 Å². The smallest absolute Gasteiger partial charge is 0.242 e. The van der Waals surface area contributed by atoms with Gasteiger partial charge in [-0.2, -0.15) is 0 Å². The highest BCUT2D eigenvalue weighted by molar-refractivity contribution is 5.86. The molecule has 1 amide bonds. The van der Waals surface area contributed by atoms with Crippen LogP contribution in [0.4, 0.5) is 0 Å². The Morgan fingerprint density at radius 2 is 2.10 bits per heavy atom. The number of carbonyl (C=O) groups excluding carboxylic acids is 1. The lowest BCUT2D eigenvalue weighted by Crippen LogP contribution is -2.55. The van der Waals surface area contributed by atoms with Crippen molar-refractivity contribution in [1.82, 2.24) is 4.90 Å². The molecule has 1 aliphatic heterocycles. The fraction of sp³-hybridized carbons (Fsp3) is 0.714. The number of hydrogen-bond acceptors (Lipinski definition) is 2. The van der Waals surface area contributed by atoms with Crippen LogP contribution in [-0.2, 0) is 4.79 Å². The standard InChI is InChI=1S/C7H13N2O/c1-7(2,8)6(10)9-4-3-5-9/h3H,4-5,8H2,1-2H3. The van der Waals surface area contributed by atoms with Crippen LogP contribution < -0.4 is 5.73 Å². The molecule has 0 aliphatic carbocycles. The van der Waals surface area contributed by atoms with Crippen molar-refractivity contribution in [2.75, 3.05) is 13.1 Å². The van der Waals surface area contributed by atoms with Gasteiger partial charge in [-0.3, -0.25) is 4.79 Å². The number of amides is 1. The first-order chi connectivity index (χ1) is 4.52. The monoisotopic (exact) mass is 141 g/mol. The highest BCUT2D eigenvalue weighted by Gasteiger charge is 2.30. The second-order valence-corrected chi connectivity index (χ2v) is 3.22. The van der Waals surface area contributed by atoms with Crippen LogP contribution in [0.5, 0.6) is 0 Å². The second-order valence-electron chi connectivity index (χ2n) is 3.22. The van der Waals surface area contributed by atoms with Crippen LogP contribution in [0.25, 0.3) is 0 Å². The summed E-state index contributed by atoms with van der Waals surface area (Å²) in [5.74, 6) is 0.0370. The number of rotatable bonds is 1. The molecule has 3 heteroatoms. The Balaban J connectivity index is 2.48. The molecule has 2 N–H and O–H groups in total. The number of nitrogens with zero attached hydrogens (tertiary/aromatic N) is 1. The van der Waals surface area contributed by atoms with E-state index >= 15 is 0 Å². The summed E-state index contributed by atoms with van der Waals surface area (Å²) in [6.45, 7) is 4.99. The van der Waals surface area contributed by atoms with E-state index in [2.05, 4.69) is 0 Å². The maximum Gasteiger partial charge on any atom is 0.242 e. The first-order valence-electron chi connectivity index (χ1n) is 3.42. The summed E-state index contributed by atoms with van der Waals surface area (Å²) in [6, 6.07) is 0. The average molecular weight is 141 g/mol. The number of carbonyl (C=O) groups is 1. The van der Waals surface area contributed by atoms with Crippen LogP contribution in [0.1, 0.15) is 13.8 Å². The second kappa shape index (κ2) is 2.23. The molecule has 0 spiro atoms.